The van der Waals surface area contributed by atoms with Gasteiger partial charge in [0.25, 0.3) is 0 Å². The molecule has 0 N–H and O–H groups in total. The molecule has 0 aliphatic heterocycles. The van der Waals surface area contributed by atoms with E-state index in [1.807, 2.05) is 19.1 Å². The summed E-state index contributed by atoms with van der Waals surface area (Å²) in [6.07, 6.45) is 11.7. The summed E-state index contributed by atoms with van der Waals surface area (Å²) in [4.78, 5) is 11.2. The molecule has 0 heterocycles. The van der Waals surface area contributed by atoms with Crippen LogP contribution in [0.1, 0.15) is 57.4 Å². The van der Waals surface area contributed by atoms with Crippen LogP contribution in [0.15, 0.2) is 30.3 Å². The Hall–Kier alpha value is -1.77. The highest BCUT2D eigenvalue weighted by Crippen LogP contribution is 2.13. The lowest BCUT2D eigenvalue weighted by molar-refractivity contribution is -0.143. The third kappa shape index (κ3) is 8.50. The first-order chi connectivity index (χ1) is 10.8. The van der Waals surface area contributed by atoms with E-state index in [1.165, 1.54) is 24.8 Å². The fraction of sp³-hybridized carbons (Fsp3) is 0.526. The second kappa shape index (κ2) is 11.8. The van der Waals surface area contributed by atoms with Crippen molar-refractivity contribution in [1.29, 1.82) is 0 Å². The van der Waals surface area contributed by atoms with E-state index in [4.69, 9.17) is 9.47 Å². The predicted octanol–water partition coefficient (Wildman–Crippen LogP) is 5.00. The summed E-state index contributed by atoms with van der Waals surface area (Å²) in [7, 11) is 1.68. The molecular weight excluding hydrogens is 276 g/mol. The van der Waals surface area contributed by atoms with E-state index >= 15 is 0 Å². The van der Waals surface area contributed by atoms with Crippen molar-refractivity contribution in [3.05, 3.63) is 35.9 Å². The van der Waals surface area contributed by atoms with Crippen LogP contribution in [0.5, 0.6) is 5.75 Å². The maximum Gasteiger partial charge on any atom is 0.305 e. The first-order valence-electron chi connectivity index (χ1n) is 8.22. The van der Waals surface area contributed by atoms with Crippen LogP contribution in [-0.2, 0) is 9.53 Å². The summed E-state index contributed by atoms with van der Waals surface area (Å²) in [5.74, 6) is 0.824. The van der Waals surface area contributed by atoms with Crippen molar-refractivity contribution >= 4 is 12.0 Å². The van der Waals surface area contributed by atoms with Gasteiger partial charge in [0.15, 0.2) is 0 Å². The lowest BCUT2D eigenvalue weighted by atomic mass is 10.1. The number of benzene rings is 1. The molecule has 0 radical (unpaired) electrons. The van der Waals surface area contributed by atoms with Gasteiger partial charge in [-0.15, -0.1) is 0 Å². The molecule has 0 aromatic heterocycles. The van der Waals surface area contributed by atoms with Gasteiger partial charge in [0.1, 0.15) is 5.75 Å². The first kappa shape index (κ1) is 18.3. The van der Waals surface area contributed by atoms with Crippen molar-refractivity contribution in [1.82, 2.24) is 0 Å². The minimum Gasteiger partial charge on any atom is -0.497 e. The minimum absolute atomic E-state index is 0.0649. The van der Waals surface area contributed by atoms with Crippen LogP contribution < -0.4 is 4.74 Å². The topological polar surface area (TPSA) is 35.5 Å². The van der Waals surface area contributed by atoms with Crippen LogP contribution in [0.2, 0.25) is 0 Å². The maximum atomic E-state index is 11.2. The number of hydrogen-bond acceptors (Lipinski definition) is 3. The number of hydrogen-bond donors (Lipinski definition) is 0. The highest BCUT2D eigenvalue weighted by molar-refractivity contribution is 5.69. The Morgan fingerprint density at radius 3 is 2.41 bits per heavy atom. The number of unbranched alkanes of at least 4 members (excludes halogenated alkanes) is 5. The van der Waals surface area contributed by atoms with Crippen LogP contribution in [0.25, 0.3) is 6.08 Å². The van der Waals surface area contributed by atoms with Crippen LogP contribution >= 0.6 is 0 Å². The maximum absolute atomic E-state index is 11.2. The normalized spacial score (nSPS) is 10.8. The smallest absolute Gasteiger partial charge is 0.305 e. The quantitative estimate of drug-likeness (QED) is 0.426. The Bertz CT molecular complexity index is 434. The van der Waals surface area contributed by atoms with Gasteiger partial charge in [-0.05, 0) is 43.9 Å². The zero-order valence-electron chi connectivity index (χ0n) is 13.8. The highest BCUT2D eigenvalue weighted by Gasteiger charge is 2.00. The summed E-state index contributed by atoms with van der Waals surface area (Å²) in [5.41, 5.74) is 1.20. The fourth-order valence-corrected chi connectivity index (χ4v) is 2.23. The Morgan fingerprint density at radius 1 is 1.05 bits per heavy atom. The molecule has 0 saturated heterocycles. The highest BCUT2D eigenvalue weighted by atomic mass is 16.5. The lowest BCUT2D eigenvalue weighted by Gasteiger charge is -2.02. The lowest BCUT2D eigenvalue weighted by Crippen LogP contribution is -2.03. The average molecular weight is 304 g/mol. The van der Waals surface area contributed by atoms with Gasteiger partial charge >= 0.3 is 5.97 Å². The standard InChI is InChI=1S/C19H28O3/c1-3-22-19(20)12-10-8-6-4-5-7-9-11-17-13-15-18(21-2)16-14-17/h9,11,13-16H,3-8,10,12H2,1-2H3. The van der Waals surface area contributed by atoms with E-state index in [-0.39, 0.29) is 5.97 Å². The molecule has 0 atom stereocenters. The molecule has 0 fully saturated rings. The molecule has 3 nitrogen and oxygen atoms in total. The molecule has 0 spiro atoms. The zero-order chi connectivity index (χ0) is 16.0. The Balaban J connectivity index is 2.00. The van der Waals surface area contributed by atoms with Gasteiger partial charge in [0, 0.05) is 6.42 Å². The first-order valence-corrected chi connectivity index (χ1v) is 8.22. The van der Waals surface area contributed by atoms with Crippen molar-refractivity contribution in [3.63, 3.8) is 0 Å². The molecule has 0 bridgehead atoms. The summed E-state index contributed by atoms with van der Waals surface area (Å²) in [5, 5.41) is 0. The Morgan fingerprint density at radius 2 is 1.73 bits per heavy atom. The second-order valence-electron chi connectivity index (χ2n) is 5.29. The number of ether oxygens (including phenoxy) is 2. The van der Waals surface area contributed by atoms with Gasteiger partial charge in [-0.25, -0.2) is 0 Å². The molecule has 0 aliphatic rings. The molecule has 1 rings (SSSR count). The predicted molar refractivity (Wildman–Crippen MR) is 91.0 cm³/mol. The average Bonchev–Trinajstić information content (AvgIpc) is 2.54. The van der Waals surface area contributed by atoms with Gasteiger partial charge in [0.2, 0.25) is 0 Å². The van der Waals surface area contributed by atoms with Crippen molar-refractivity contribution in [2.45, 2.75) is 51.9 Å². The SMILES string of the molecule is CCOC(=O)CCCCCCCC=Cc1ccc(OC)cc1. The van der Waals surface area contributed by atoms with Crippen LogP contribution in [0.3, 0.4) is 0 Å². The van der Waals surface area contributed by atoms with Crippen LogP contribution in [0, 0.1) is 0 Å². The molecule has 22 heavy (non-hydrogen) atoms. The number of carbonyl (C=O) groups is 1. The van der Waals surface area contributed by atoms with Crippen LogP contribution in [0.4, 0.5) is 0 Å². The van der Waals surface area contributed by atoms with E-state index in [1.54, 1.807) is 7.11 Å². The van der Waals surface area contributed by atoms with Crippen molar-refractivity contribution in [2.24, 2.45) is 0 Å². The molecule has 122 valence electrons. The van der Waals surface area contributed by atoms with Gasteiger partial charge in [-0.1, -0.05) is 43.5 Å². The number of methoxy groups -OCH3 is 1. The number of rotatable bonds is 11. The number of allylic oxidation sites excluding steroid dienone is 1. The Kier molecular flexibility index (Phi) is 9.84. The molecule has 1 aromatic carbocycles. The van der Waals surface area contributed by atoms with E-state index in [2.05, 4.69) is 24.3 Å². The zero-order valence-corrected chi connectivity index (χ0v) is 13.8. The summed E-state index contributed by atoms with van der Waals surface area (Å²) >= 11 is 0. The monoisotopic (exact) mass is 304 g/mol. The van der Waals surface area contributed by atoms with E-state index in [0.717, 1.165) is 25.0 Å². The largest absolute Gasteiger partial charge is 0.497 e. The molecule has 0 saturated carbocycles. The molecular formula is C19H28O3. The number of esters is 1. The van der Waals surface area contributed by atoms with Crippen LogP contribution in [-0.4, -0.2) is 19.7 Å². The third-order valence-electron chi connectivity index (χ3n) is 3.48. The molecule has 0 unspecified atom stereocenters. The van der Waals surface area contributed by atoms with Gasteiger partial charge in [0.05, 0.1) is 13.7 Å². The summed E-state index contributed by atoms with van der Waals surface area (Å²) in [6.45, 7) is 2.33. The van der Waals surface area contributed by atoms with Gasteiger partial charge in [-0.3, -0.25) is 4.79 Å². The van der Waals surface area contributed by atoms with Gasteiger partial charge < -0.3 is 9.47 Å². The molecule has 0 aliphatic carbocycles. The summed E-state index contributed by atoms with van der Waals surface area (Å²) in [6, 6.07) is 8.07. The second-order valence-corrected chi connectivity index (χ2v) is 5.29. The molecule has 1 aromatic rings. The van der Waals surface area contributed by atoms with Gasteiger partial charge in [-0.2, -0.15) is 0 Å². The van der Waals surface area contributed by atoms with Crippen molar-refractivity contribution in [2.75, 3.05) is 13.7 Å². The van der Waals surface area contributed by atoms with E-state index in [0.29, 0.717) is 13.0 Å². The number of carbonyl (C=O) groups excluding carboxylic acids is 1. The van der Waals surface area contributed by atoms with Crippen molar-refractivity contribution in [3.8, 4) is 5.75 Å². The Labute approximate surface area is 134 Å². The van der Waals surface area contributed by atoms with Crippen molar-refractivity contribution < 1.29 is 14.3 Å². The molecule has 0 amide bonds. The summed E-state index contributed by atoms with van der Waals surface area (Å²) < 4.78 is 10.0. The minimum atomic E-state index is -0.0649. The fourth-order valence-electron chi connectivity index (χ4n) is 2.23. The third-order valence-corrected chi connectivity index (χ3v) is 3.48. The van der Waals surface area contributed by atoms with E-state index < -0.39 is 0 Å². The molecule has 3 heteroatoms. The van der Waals surface area contributed by atoms with E-state index in [9.17, 15) is 4.79 Å².